The maximum absolute atomic E-state index is 5.86. The van der Waals surface area contributed by atoms with Gasteiger partial charge in [0.2, 0.25) is 0 Å². The second-order valence-electron chi connectivity index (χ2n) is 4.19. The average Bonchev–Trinajstić information content (AvgIpc) is 2.34. The van der Waals surface area contributed by atoms with Crippen LogP contribution in [0.25, 0.3) is 0 Å². The minimum Gasteiger partial charge on any atom is -0.493 e. The zero-order valence-electron chi connectivity index (χ0n) is 11.2. The summed E-state index contributed by atoms with van der Waals surface area (Å²) in [6.07, 6.45) is 0.937. The molecule has 20 heavy (non-hydrogen) atoms. The predicted octanol–water partition coefficient (Wildman–Crippen LogP) is 2.16. The Labute approximate surface area is 121 Å². The summed E-state index contributed by atoms with van der Waals surface area (Å²) in [6.45, 7) is 2.70. The minimum atomic E-state index is 0.339. The van der Waals surface area contributed by atoms with Crippen molar-refractivity contribution in [3.63, 3.8) is 0 Å². The Morgan fingerprint density at radius 3 is 2.40 bits per heavy atom. The van der Waals surface area contributed by atoms with Crippen molar-refractivity contribution in [1.82, 2.24) is 9.97 Å². The molecule has 106 valence electrons. The molecule has 2 rings (SSSR count). The van der Waals surface area contributed by atoms with E-state index in [9.17, 15) is 0 Å². The zero-order valence-corrected chi connectivity index (χ0v) is 12.0. The van der Waals surface area contributed by atoms with Crippen molar-refractivity contribution in [3.8, 4) is 5.75 Å². The van der Waals surface area contributed by atoms with Crippen LogP contribution in [0.4, 0.5) is 17.3 Å². The number of nitrogens with two attached hydrogens (primary N) is 3. The van der Waals surface area contributed by atoms with Gasteiger partial charge >= 0.3 is 0 Å². The molecule has 0 atom stereocenters. The Morgan fingerprint density at radius 1 is 1.05 bits per heavy atom. The van der Waals surface area contributed by atoms with Gasteiger partial charge in [-0.05, 0) is 30.3 Å². The lowest BCUT2D eigenvalue weighted by Gasteiger charge is -2.08. The van der Waals surface area contributed by atoms with Crippen molar-refractivity contribution in [2.45, 2.75) is 23.4 Å². The van der Waals surface area contributed by atoms with Gasteiger partial charge in [-0.25, -0.2) is 9.97 Å². The summed E-state index contributed by atoms with van der Waals surface area (Å²) in [5, 5.41) is 0.481. The van der Waals surface area contributed by atoms with Crippen LogP contribution in [0.15, 0.2) is 34.3 Å². The molecule has 1 aromatic heterocycles. The molecule has 0 aliphatic carbocycles. The molecule has 0 radical (unpaired) electrons. The second kappa shape index (κ2) is 6.33. The van der Waals surface area contributed by atoms with Gasteiger partial charge in [-0.3, -0.25) is 0 Å². The maximum atomic E-state index is 5.86. The number of aromatic nitrogens is 2. The van der Waals surface area contributed by atoms with Gasteiger partial charge in [0.05, 0.1) is 6.61 Å². The number of hydrogen-bond acceptors (Lipinski definition) is 7. The van der Waals surface area contributed by atoms with Crippen LogP contribution in [0.3, 0.4) is 0 Å². The van der Waals surface area contributed by atoms with Crippen LogP contribution >= 0.6 is 11.8 Å². The SMILES string of the molecule is CCCOc1cc(N)cc(Sc2nc(N)cc(N)n2)c1. The average molecular weight is 291 g/mol. The van der Waals surface area contributed by atoms with E-state index in [-0.39, 0.29) is 0 Å². The fourth-order valence-corrected chi connectivity index (χ4v) is 2.45. The molecule has 0 spiro atoms. The van der Waals surface area contributed by atoms with Crippen LogP contribution in [-0.2, 0) is 0 Å². The lowest BCUT2D eigenvalue weighted by Crippen LogP contribution is -1.99. The Kier molecular flexibility index (Phi) is 4.52. The van der Waals surface area contributed by atoms with Crippen LogP contribution in [0.5, 0.6) is 5.75 Å². The first kappa shape index (κ1) is 14.3. The monoisotopic (exact) mass is 291 g/mol. The Balaban J connectivity index is 2.21. The molecule has 0 saturated heterocycles. The van der Waals surface area contributed by atoms with Crippen LogP contribution in [0.2, 0.25) is 0 Å². The highest BCUT2D eigenvalue weighted by Crippen LogP contribution is 2.31. The normalized spacial score (nSPS) is 10.4. The quantitative estimate of drug-likeness (QED) is 0.571. The molecule has 1 heterocycles. The van der Waals surface area contributed by atoms with E-state index in [4.69, 9.17) is 21.9 Å². The molecule has 6 nitrogen and oxygen atoms in total. The fourth-order valence-electron chi connectivity index (χ4n) is 1.57. The third-order valence-corrected chi connectivity index (χ3v) is 3.17. The highest BCUT2D eigenvalue weighted by atomic mass is 32.2. The molecule has 0 aliphatic heterocycles. The molecule has 0 saturated carbocycles. The van der Waals surface area contributed by atoms with Crippen molar-refractivity contribution in [2.24, 2.45) is 0 Å². The van der Waals surface area contributed by atoms with Gasteiger partial charge in [-0.1, -0.05) is 6.92 Å². The largest absolute Gasteiger partial charge is 0.493 e. The maximum Gasteiger partial charge on any atom is 0.196 e. The number of benzene rings is 1. The van der Waals surface area contributed by atoms with Gasteiger partial charge in [0.25, 0.3) is 0 Å². The summed E-state index contributed by atoms with van der Waals surface area (Å²) in [7, 11) is 0. The number of rotatable bonds is 5. The van der Waals surface area contributed by atoms with E-state index in [1.807, 2.05) is 19.1 Å². The van der Waals surface area contributed by atoms with Crippen molar-refractivity contribution in [1.29, 1.82) is 0 Å². The van der Waals surface area contributed by atoms with Crippen molar-refractivity contribution >= 4 is 29.1 Å². The summed E-state index contributed by atoms with van der Waals surface area (Å²) in [5.74, 6) is 1.41. The van der Waals surface area contributed by atoms with Gasteiger partial charge in [0.15, 0.2) is 5.16 Å². The topological polar surface area (TPSA) is 113 Å². The van der Waals surface area contributed by atoms with Crippen molar-refractivity contribution in [2.75, 3.05) is 23.8 Å². The molecule has 0 amide bonds. The van der Waals surface area contributed by atoms with E-state index in [1.165, 1.54) is 17.8 Å². The van der Waals surface area contributed by atoms with Gasteiger partial charge in [0, 0.05) is 22.7 Å². The first-order valence-corrected chi connectivity index (χ1v) is 6.99. The van der Waals surface area contributed by atoms with E-state index in [0.717, 1.165) is 17.1 Å². The van der Waals surface area contributed by atoms with Crippen LogP contribution in [0.1, 0.15) is 13.3 Å². The second-order valence-corrected chi connectivity index (χ2v) is 5.23. The third-order valence-electron chi connectivity index (χ3n) is 2.33. The summed E-state index contributed by atoms with van der Waals surface area (Å²) in [4.78, 5) is 9.11. The molecule has 1 aromatic carbocycles. The summed E-state index contributed by atoms with van der Waals surface area (Å²) in [6, 6.07) is 7.01. The first-order valence-electron chi connectivity index (χ1n) is 6.18. The summed E-state index contributed by atoms with van der Waals surface area (Å²) < 4.78 is 5.58. The molecule has 0 bridgehead atoms. The molecule has 0 unspecified atom stereocenters. The standard InChI is InChI=1S/C13H17N5OS/c1-2-3-19-9-4-8(14)5-10(6-9)20-13-17-11(15)7-12(16)18-13/h4-7H,2-3,14H2,1H3,(H4,15,16,17,18). The summed E-state index contributed by atoms with van der Waals surface area (Å²) in [5.41, 5.74) is 17.8. The number of hydrogen-bond donors (Lipinski definition) is 3. The Bertz CT molecular complexity index is 585. The van der Waals surface area contributed by atoms with E-state index in [0.29, 0.717) is 29.1 Å². The lowest BCUT2D eigenvalue weighted by atomic mass is 10.3. The zero-order chi connectivity index (χ0) is 14.5. The molecule has 2 aromatic rings. The number of nitrogens with zero attached hydrogens (tertiary/aromatic N) is 2. The molecule has 7 heteroatoms. The smallest absolute Gasteiger partial charge is 0.196 e. The van der Waals surface area contributed by atoms with Crippen LogP contribution < -0.4 is 21.9 Å². The molecular weight excluding hydrogens is 274 g/mol. The van der Waals surface area contributed by atoms with Gasteiger partial charge in [-0.15, -0.1) is 0 Å². The first-order chi connectivity index (χ1) is 9.56. The van der Waals surface area contributed by atoms with Crippen molar-refractivity contribution in [3.05, 3.63) is 24.3 Å². The predicted molar refractivity (Wildman–Crippen MR) is 81.6 cm³/mol. The Morgan fingerprint density at radius 2 is 1.75 bits per heavy atom. The van der Waals surface area contributed by atoms with Gasteiger partial charge in [-0.2, -0.15) is 0 Å². The fraction of sp³-hybridized carbons (Fsp3) is 0.231. The van der Waals surface area contributed by atoms with Crippen LogP contribution in [-0.4, -0.2) is 16.6 Å². The Hall–Kier alpha value is -2.15. The van der Waals surface area contributed by atoms with Crippen LogP contribution in [0, 0.1) is 0 Å². The summed E-state index contributed by atoms with van der Waals surface area (Å²) >= 11 is 1.34. The molecular formula is C13H17N5OS. The van der Waals surface area contributed by atoms with Gasteiger partial charge < -0.3 is 21.9 Å². The van der Waals surface area contributed by atoms with E-state index < -0.39 is 0 Å². The number of nitrogen functional groups attached to an aromatic ring is 3. The third kappa shape index (κ3) is 3.92. The van der Waals surface area contributed by atoms with Gasteiger partial charge in [0.1, 0.15) is 17.4 Å². The molecule has 0 fully saturated rings. The van der Waals surface area contributed by atoms with E-state index >= 15 is 0 Å². The van der Waals surface area contributed by atoms with E-state index in [1.54, 1.807) is 6.07 Å². The highest BCUT2D eigenvalue weighted by Gasteiger charge is 2.06. The number of anilines is 3. The molecule has 0 aliphatic rings. The lowest BCUT2D eigenvalue weighted by molar-refractivity contribution is 0.317. The van der Waals surface area contributed by atoms with Crippen molar-refractivity contribution < 1.29 is 4.74 Å². The highest BCUT2D eigenvalue weighted by molar-refractivity contribution is 7.99. The van der Waals surface area contributed by atoms with E-state index in [2.05, 4.69) is 9.97 Å². The number of ether oxygens (including phenoxy) is 1. The molecule has 6 N–H and O–H groups in total. The minimum absolute atomic E-state index is 0.339.